The lowest BCUT2D eigenvalue weighted by Crippen LogP contribution is -2.29. The van der Waals surface area contributed by atoms with Gasteiger partial charge in [-0.25, -0.2) is 9.97 Å². The standard InChI is InChI=1S/C17H30N4/c1-4-7-14-15(18)20-12-21-16(14)19-11-17(10-13(2)3)8-5-6-9-17/h12-13H,4-11H2,1-3H3,(H3,18,19,20,21). The highest BCUT2D eigenvalue weighted by Crippen LogP contribution is 2.43. The summed E-state index contributed by atoms with van der Waals surface area (Å²) in [6, 6.07) is 0. The molecule has 0 saturated heterocycles. The molecule has 4 heteroatoms. The Kier molecular flexibility index (Phi) is 5.43. The molecule has 0 bridgehead atoms. The van der Waals surface area contributed by atoms with E-state index >= 15 is 0 Å². The zero-order chi connectivity index (χ0) is 15.3. The SMILES string of the molecule is CCCc1c(N)ncnc1NCC1(CC(C)C)CCCC1. The van der Waals surface area contributed by atoms with Crippen molar-refractivity contribution in [2.24, 2.45) is 11.3 Å². The Hall–Kier alpha value is -1.32. The van der Waals surface area contributed by atoms with Crippen molar-refractivity contribution < 1.29 is 0 Å². The lowest BCUT2D eigenvalue weighted by atomic mass is 9.78. The largest absolute Gasteiger partial charge is 0.383 e. The Balaban J connectivity index is 2.09. The van der Waals surface area contributed by atoms with Crippen LogP contribution in [0.5, 0.6) is 0 Å². The molecule has 0 unspecified atom stereocenters. The molecule has 0 radical (unpaired) electrons. The second kappa shape index (κ2) is 7.10. The predicted octanol–water partition coefficient (Wildman–Crippen LogP) is 4.03. The van der Waals surface area contributed by atoms with Crippen LogP contribution >= 0.6 is 0 Å². The summed E-state index contributed by atoms with van der Waals surface area (Å²) in [4.78, 5) is 8.56. The lowest BCUT2D eigenvalue weighted by Gasteiger charge is -2.31. The highest BCUT2D eigenvalue weighted by Gasteiger charge is 2.34. The van der Waals surface area contributed by atoms with Gasteiger partial charge in [-0.2, -0.15) is 0 Å². The van der Waals surface area contributed by atoms with Gasteiger partial charge in [0.15, 0.2) is 0 Å². The van der Waals surface area contributed by atoms with Gasteiger partial charge in [0, 0.05) is 12.1 Å². The Morgan fingerprint density at radius 2 is 2.00 bits per heavy atom. The summed E-state index contributed by atoms with van der Waals surface area (Å²) in [6.07, 6.45) is 10.3. The number of anilines is 2. The number of nitrogens with zero attached hydrogens (tertiary/aromatic N) is 2. The van der Waals surface area contributed by atoms with E-state index in [0.29, 0.717) is 11.2 Å². The fraction of sp³-hybridized carbons (Fsp3) is 0.765. The van der Waals surface area contributed by atoms with Crippen LogP contribution in [0, 0.1) is 11.3 Å². The molecule has 1 saturated carbocycles. The second-order valence-electron chi connectivity index (χ2n) is 6.99. The molecule has 1 aliphatic carbocycles. The molecule has 0 atom stereocenters. The number of nitrogen functional groups attached to an aromatic ring is 1. The smallest absolute Gasteiger partial charge is 0.134 e. The molecule has 118 valence electrons. The number of nitrogens with one attached hydrogen (secondary N) is 1. The summed E-state index contributed by atoms with van der Waals surface area (Å²) >= 11 is 0. The van der Waals surface area contributed by atoms with Crippen LogP contribution in [-0.4, -0.2) is 16.5 Å². The average molecular weight is 290 g/mol. The minimum Gasteiger partial charge on any atom is -0.383 e. The summed E-state index contributed by atoms with van der Waals surface area (Å²) in [5.74, 6) is 2.31. The average Bonchev–Trinajstić information content (AvgIpc) is 2.88. The third-order valence-corrected chi connectivity index (χ3v) is 4.61. The Bertz CT molecular complexity index is 450. The fourth-order valence-corrected chi connectivity index (χ4v) is 3.79. The van der Waals surface area contributed by atoms with Crippen molar-refractivity contribution in [2.45, 2.75) is 65.7 Å². The van der Waals surface area contributed by atoms with Crippen LogP contribution in [0.2, 0.25) is 0 Å². The van der Waals surface area contributed by atoms with Crippen molar-refractivity contribution in [3.05, 3.63) is 11.9 Å². The zero-order valence-electron chi connectivity index (χ0n) is 13.8. The summed E-state index contributed by atoms with van der Waals surface area (Å²) in [5.41, 5.74) is 7.54. The minimum absolute atomic E-state index is 0.442. The van der Waals surface area contributed by atoms with E-state index in [-0.39, 0.29) is 0 Å². The molecule has 1 heterocycles. The molecule has 3 N–H and O–H groups in total. The van der Waals surface area contributed by atoms with Crippen molar-refractivity contribution in [2.75, 3.05) is 17.6 Å². The quantitative estimate of drug-likeness (QED) is 0.795. The van der Waals surface area contributed by atoms with Gasteiger partial charge in [0.05, 0.1) is 0 Å². The molecule has 0 spiro atoms. The van der Waals surface area contributed by atoms with Crippen molar-refractivity contribution in [3.63, 3.8) is 0 Å². The van der Waals surface area contributed by atoms with Gasteiger partial charge in [-0.15, -0.1) is 0 Å². The van der Waals surface area contributed by atoms with Gasteiger partial charge < -0.3 is 11.1 Å². The van der Waals surface area contributed by atoms with Gasteiger partial charge in [0.25, 0.3) is 0 Å². The Morgan fingerprint density at radius 1 is 1.29 bits per heavy atom. The van der Waals surface area contributed by atoms with Crippen LogP contribution in [0.3, 0.4) is 0 Å². The molecule has 1 aromatic heterocycles. The second-order valence-corrected chi connectivity index (χ2v) is 6.99. The molecule has 0 aliphatic heterocycles. The number of nitrogens with two attached hydrogens (primary N) is 1. The van der Waals surface area contributed by atoms with Crippen LogP contribution in [0.25, 0.3) is 0 Å². The lowest BCUT2D eigenvalue weighted by molar-refractivity contribution is 0.252. The van der Waals surface area contributed by atoms with Crippen LogP contribution < -0.4 is 11.1 Å². The topological polar surface area (TPSA) is 63.8 Å². The summed E-state index contributed by atoms with van der Waals surface area (Å²) in [5, 5.41) is 3.60. The van der Waals surface area contributed by atoms with Gasteiger partial charge in [-0.3, -0.25) is 0 Å². The third kappa shape index (κ3) is 4.08. The first-order chi connectivity index (χ1) is 10.1. The van der Waals surface area contributed by atoms with Crippen molar-refractivity contribution in [1.82, 2.24) is 9.97 Å². The van der Waals surface area contributed by atoms with Crippen molar-refractivity contribution in [3.8, 4) is 0 Å². The monoisotopic (exact) mass is 290 g/mol. The first-order valence-electron chi connectivity index (χ1n) is 8.39. The summed E-state index contributed by atoms with van der Waals surface area (Å²) < 4.78 is 0. The van der Waals surface area contributed by atoms with Gasteiger partial charge >= 0.3 is 0 Å². The number of aromatic nitrogens is 2. The third-order valence-electron chi connectivity index (χ3n) is 4.61. The van der Waals surface area contributed by atoms with E-state index in [4.69, 9.17) is 5.73 Å². The molecular weight excluding hydrogens is 260 g/mol. The van der Waals surface area contributed by atoms with Crippen molar-refractivity contribution in [1.29, 1.82) is 0 Å². The normalized spacial score (nSPS) is 17.3. The summed E-state index contributed by atoms with van der Waals surface area (Å²) in [7, 11) is 0. The molecule has 0 aromatic carbocycles. The van der Waals surface area contributed by atoms with E-state index in [0.717, 1.165) is 36.7 Å². The van der Waals surface area contributed by atoms with Gasteiger partial charge in [0.1, 0.15) is 18.0 Å². The van der Waals surface area contributed by atoms with Crippen LogP contribution in [0.1, 0.15) is 64.9 Å². The molecule has 1 aliphatic rings. The Morgan fingerprint density at radius 3 is 2.62 bits per heavy atom. The maximum atomic E-state index is 6.01. The first-order valence-corrected chi connectivity index (χ1v) is 8.39. The van der Waals surface area contributed by atoms with E-state index in [1.165, 1.54) is 32.1 Å². The Labute approximate surface area is 128 Å². The fourth-order valence-electron chi connectivity index (χ4n) is 3.79. The summed E-state index contributed by atoms with van der Waals surface area (Å²) in [6.45, 7) is 7.82. The number of hydrogen-bond donors (Lipinski definition) is 2. The molecular formula is C17H30N4. The van der Waals surface area contributed by atoms with Gasteiger partial charge in [-0.05, 0) is 37.0 Å². The maximum Gasteiger partial charge on any atom is 0.134 e. The van der Waals surface area contributed by atoms with E-state index < -0.39 is 0 Å². The van der Waals surface area contributed by atoms with Crippen LogP contribution in [0.15, 0.2) is 6.33 Å². The highest BCUT2D eigenvalue weighted by atomic mass is 15.0. The number of hydrogen-bond acceptors (Lipinski definition) is 4. The number of rotatable bonds is 7. The molecule has 4 nitrogen and oxygen atoms in total. The minimum atomic E-state index is 0.442. The molecule has 0 amide bonds. The first kappa shape index (κ1) is 16.1. The van der Waals surface area contributed by atoms with Gasteiger partial charge in [0.2, 0.25) is 0 Å². The predicted molar refractivity (Wildman–Crippen MR) is 89.3 cm³/mol. The van der Waals surface area contributed by atoms with Crippen LogP contribution in [0.4, 0.5) is 11.6 Å². The molecule has 2 rings (SSSR count). The zero-order valence-corrected chi connectivity index (χ0v) is 13.8. The highest BCUT2D eigenvalue weighted by molar-refractivity contribution is 5.55. The van der Waals surface area contributed by atoms with Crippen LogP contribution in [-0.2, 0) is 6.42 Å². The van der Waals surface area contributed by atoms with Gasteiger partial charge in [-0.1, -0.05) is 40.0 Å². The molecule has 21 heavy (non-hydrogen) atoms. The van der Waals surface area contributed by atoms with E-state index in [2.05, 4.69) is 36.1 Å². The molecule has 1 aromatic rings. The van der Waals surface area contributed by atoms with Crippen molar-refractivity contribution >= 4 is 11.6 Å². The van der Waals surface area contributed by atoms with E-state index in [1.807, 2.05) is 0 Å². The maximum absolute atomic E-state index is 6.01. The van der Waals surface area contributed by atoms with E-state index in [1.54, 1.807) is 6.33 Å². The van der Waals surface area contributed by atoms with E-state index in [9.17, 15) is 0 Å². The molecule has 1 fully saturated rings.